The maximum Gasteiger partial charge on any atom is 0.134 e. The van der Waals surface area contributed by atoms with Gasteiger partial charge in [-0.05, 0) is 29.7 Å². The molecular formula is C18H24INO3. The standard InChI is InChI=1S/C18H23NO3.HI/c1-19-8-7-17-11-14(21)5-6-18(17,22-2)16(19)9-12-3-4-13(20)10-15(12)17;/h3-4,10,16,20H,5-9,11H2,1-2H3;1H/t16-,17-,18-;/m1./s1. The zero-order valence-electron chi connectivity index (χ0n) is 13.7. The van der Waals surface area contributed by atoms with Gasteiger partial charge in [-0.15, -0.1) is 0 Å². The summed E-state index contributed by atoms with van der Waals surface area (Å²) < 4.78 is 6.20. The summed E-state index contributed by atoms with van der Waals surface area (Å²) in [5.41, 5.74) is 1.91. The van der Waals surface area contributed by atoms with Crippen molar-refractivity contribution in [1.82, 2.24) is 0 Å². The summed E-state index contributed by atoms with van der Waals surface area (Å²) in [5.74, 6) is 0.628. The lowest BCUT2D eigenvalue weighted by molar-refractivity contribution is -0.923. The summed E-state index contributed by atoms with van der Waals surface area (Å²) in [6.45, 7) is 1.05. The molecule has 1 saturated carbocycles. The fourth-order valence-electron chi connectivity index (χ4n) is 5.57. The van der Waals surface area contributed by atoms with Crippen LogP contribution in [0.5, 0.6) is 5.75 Å². The number of halogens is 1. The minimum atomic E-state index is -0.274. The number of likely N-dealkylation sites (N-methyl/N-ethyl adjacent to an activating group) is 1. The summed E-state index contributed by atoms with van der Waals surface area (Å²) in [6.07, 6.45) is 3.89. The quantitative estimate of drug-likeness (QED) is 0.491. The number of benzene rings is 1. The largest absolute Gasteiger partial charge is 1.00 e. The van der Waals surface area contributed by atoms with Gasteiger partial charge in [0.05, 0.1) is 13.6 Å². The number of fused-ring (bicyclic) bond motifs is 1. The third kappa shape index (κ3) is 2.12. The van der Waals surface area contributed by atoms with Gasteiger partial charge in [0.25, 0.3) is 0 Å². The molecule has 2 fully saturated rings. The number of ketones is 1. The van der Waals surface area contributed by atoms with Crippen LogP contribution in [0.25, 0.3) is 0 Å². The Bertz CT molecular complexity index is 649. The molecule has 2 aliphatic carbocycles. The molecule has 4 atom stereocenters. The highest BCUT2D eigenvalue weighted by Gasteiger charge is 2.67. The Balaban J connectivity index is 0.00000156. The predicted octanol–water partition coefficient (Wildman–Crippen LogP) is -2.38. The van der Waals surface area contributed by atoms with E-state index in [1.165, 1.54) is 10.5 Å². The number of methoxy groups -OCH3 is 1. The second kappa shape index (κ2) is 5.70. The molecule has 0 amide bonds. The monoisotopic (exact) mass is 429 g/mol. The average molecular weight is 429 g/mol. The number of quaternary nitrogens is 1. The van der Waals surface area contributed by atoms with Crippen LogP contribution in [0, 0.1) is 0 Å². The molecule has 5 heteroatoms. The van der Waals surface area contributed by atoms with Crippen LogP contribution < -0.4 is 28.9 Å². The van der Waals surface area contributed by atoms with Crippen LogP contribution in [0.1, 0.15) is 36.8 Å². The maximum atomic E-state index is 12.3. The molecule has 1 unspecified atom stereocenters. The zero-order valence-corrected chi connectivity index (χ0v) is 15.9. The van der Waals surface area contributed by atoms with Gasteiger partial charge in [-0.2, -0.15) is 0 Å². The third-order valence-corrected chi connectivity index (χ3v) is 6.59. The summed E-state index contributed by atoms with van der Waals surface area (Å²) >= 11 is 0. The fourth-order valence-corrected chi connectivity index (χ4v) is 5.57. The number of carbonyl (C=O) groups is 1. The Morgan fingerprint density at radius 3 is 2.87 bits per heavy atom. The van der Waals surface area contributed by atoms with Crippen molar-refractivity contribution in [2.24, 2.45) is 0 Å². The van der Waals surface area contributed by atoms with Crippen molar-refractivity contribution >= 4 is 5.78 Å². The first kappa shape index (κ1) is 17.2. The molecule has 0 aromatic heterocycles. The number of phenolic OH excluding ortho intramolecular Hbond substituents is 1. The van der Waals surface area contributed by atoms with Crippen LogP contribution in [0.4, 0.5) is 0 Å². The van der Waals surface area contributed by atoms with E-state index in [4.69, 9.17) is 4.74 Å². The number of nitrogens with one attached hydrogen (secondary N) is 1. The van der Waals surface area contributed by atoms with E-state index in [1.807, 2.05) is 19.2 Å². The van der Waals surface area contributed by atoms with Crippen molar-refractivity contribution in [2.45, 2.75) is 49.2 Å². The van der Waals surface area contributed by atoms with Gasteiger partial charge in [-0.3, -0.25) is 4.79 Å². The van der Waals surface area contributed by atoms with E-state index in [2.05, 4.69) is 7.05 Å². The van der Waals surface area contributed by atoms with E-state index in [9.17, 15) is 9.90 Å². The number of phenols is 1. The second-order valence-electron chi connectivity index (χ2n) is 7.34. The van der Waals surface area contributed by atoms with E-state index >= 15 is 0 Å². The van der Waals surface area contributed by atoms with Crippen LogP contribution in [0.2, 0.25) is 0 Å². The highest BCUT2D eigenvalue weighted by Crippen LogP contribution is 2.56. The van der Waals surface area contributed by atoms with E-state index in [1.54, 1.807) is 6.07 Å². The molecule has 4 rings (SSSR count). The lowest BCUT2D eigenvalue weighted by Gasteiger charge is -2.62. The lowest BCUT2D eigenvalue weighted by atomic mass is 9.49. The Morgan fingerprint density at radius 1 is 1.35 bits per heavy atom. The number of Topliss-reactive ketones (excluding diaryl/α,β-unsaturated/α-hetero) is 1. The summed E-state index contributed by atoms with van der Waals surface area (Å²) in [5, 5.41) is 10.0. The van der Waals surface area contributed by atoms with Gasteiger partial charge in [0.15, 0.2) is 0 Å². The number of hydrogen-bond acceptors (Lipinski definition) is 3. The summed E-state index contributed by atoms with van der Waals surface area (Å²) in [6, 6.07) is 6.08. The van der Waals surface area contributed by atoms with E-state index < -0.39 is 0 Å². The van der Waals surface area contributed by atoms with Crippen molar-refractivity contribution < 1.29 is 43.5 Å². The first-order chi connectivity index (χ1) is 10.5. The Labute approximate surface area is 154 Å². The SMILES string of the molecule is CO[C@@]12CCC(=O)C[C@@]13CC[NH+](C)[C@@H]2Cc1ccc(O)cc13.[I-]. The van der Waals surface area contributed by atoms with Gasteiger partial charge in [0.2, 0.25) is 0 Å². The maximum absolute atomic E-state index is 12.3. The molecule has 4 nitrogen and oxygen atoms in total. The molecule has 3 aliphatic rings. The number of hydrogen-bond donors (Lipinski definition) is 2. The van der Waals surface area contributed by atoms with Crippen molar-refractivity contribution in [1.29, 1.82) is 0 Å². The first-order valence-electron chi connectivity index (χ1n) is 8.24. The molecule has 1 heterocycles. The number of aromatic hydroxyl groups is 1. The Hall–Kier alpha value is -0.660. The number of carbonyl (C=O) groups excluding carboxylic acids is 1. The second-order valence-corrected chi connectivity index (χ2v) is 7.34. The first-order valence-corrected chi connectivity index (χ1v) is 8.24. The summed E-state index contributed by atoms with van der Waals surface area (Å²) in [7, 11) is 4.06. The van der Waals surface area contributed by atoms with Crippen molar-refractivity contribution in [3.8, 4) is 5.75 Å². The molecule has 23 heavy (non-hydrogen) atoms. The lowest BCUT2D eigenvalue weighted by Crippen LogP contribution is -3.19. The van der Waals surface area contributed by atoms with Crippen LogP contribution in [-0.2, 0) is 21.4 Å². The topological polar surface area (TPSA) is 51.0 Å². The minimum Gasteiger partial charge on any atom is -1.00 e. The number of piperidine rings is 1. The normalized spacial score (nSPS) is 38.3. The fraction of sp³-hybridized carbons (Fsp3) is 0.611. The molecule has 1 aromatic rings. The molecule has 1 aliphatic heterocycles. The van der Waals surface area contributed by atoms with E-state index in [0.717, 1.165) is 31.4 Å². The van der Waals surface area contributed by atoms with Crippen LogP contribution in [0.3, 0.4) is 0 Å². The molecule has 2 bridgehead atoms. The minimum absolute atomic E-state index is 0. The van der Waals surface area contributed by atoms with Crippen molar-refractivity contribution in [2.75, 3.05) is 20.7 Å². The van der Waals surface area contributed by atoms with Crippen LogP contribution in [-0.4, -0.2) is 43.2 Å². The zero-order chi connectivity index (χ0) is 15.5. The third-order valence-electron chi connectivity index (χ3n) is 6.59. The highest BCUT2D eigenvalue weighted by atomic mass is 127. The van der Waals surface area contributed by atoms with E-state index in [0.29, 0.717) is 30.4 Å². The van der Waals surface area contributed by atoms with Gasteiger partial charge in [-0.25, -0.2) is 0 Å². The molecule has 1 aromatic carbocycles. The molecule has 2 N–H and O–H groups in total. The van der Waals surface area contributed by atoms with E-state index in [-0.39, 0.29) is 35.0 Å². The van der Waals surface area contributed by atoms with Crippen LogP contribution in [0.15, 0.2) is 18.2 Å². The van der Waals surface area contributed by atoms with Gasteiger partial charge in [0.1, 0.15) is 23.2 Å². The van der Waals surface area contributed by atoms with Crippen molar-refractivity contribution in [3.05, 3.63) is 29.3 Å². The van der Waals surface area contributed by atoms with Gasteiger partial charge in [0, 0.05) is 38.2 Å². The number of ether oxygens (including phenoxy) is 1. The number of likely N-dealkylation sites (tertiary alicyclic amines) is 1. The molecule has 0 spiro atoms. The highest BCUT2D eigenvalue weighted by molar-refractivity contribution is 5.82. The molecule has 0 radical (unpaired) electrons. The van der Waals surface area contributed by atoms with Gasteiger partial charge >= 0.3 is 0 Å². The van der Waals surface area contributed by atoms with Crippen LogP contribution >= 0.6 is 0 Å². The molecule has 126 valence electrons. The number of rotatable bonds is 1. The predicted molar refractivity (Wildman–Crippen MR) is 82.2 cm³/mol. The molecule has 1 saturated heterocycles. The Morgan fingerprint density at radius 2 is 2.13 bits per heavy atom. The van der Waals surface area contributed by atoms with Gasteiger partial charge < -0.3 is 38.7 Å². The molecular weight excluding hydrogens is 405 g/mol. The smallest absolute Gasteiger partial charge is 0.134 e. The average Bonchev–Trinajstić information content (AvgIpc) is 2.51. The van der Waals surface area contributed by atoms with Crippen molar-refractivity contribution in [3.63, 3.8) is 0 Å². The Kier molecular flexibility index (Phi) is 4.26. The van der Waals surface area contributed by atoms with Gasteiger partial charge in [-0.1, -0.05) is 6.07 Å². The summed E-state index contributed by atoms with van der Waals surface area (Å²) in [4.78, 5) is 13.8.